The van der Waals surface area contributed by atoms with Gasteiger partial charge < -0.3 is 4.40 Å². The van der Waals surface area contributed by atoms with Gasteiger partial charge in [-0.15, -0.1) is 0 Å². The SMILES string of the molecule is Cc1ccc2nc(CC3CCCS3(=O)=O)cn2c1. The molecule has 0 saturated carbocycles. The number of hydrogen-bond acceptors (Lipinski definition) is 3. The van der Waals surface area contributed by atoms with E-state index in [9.17, 15) is 8.42 Å². The third-order valence-electron chi connectivity index (χ3n) is 3.55. The Bertz CT molecular complexity index is 688. The van der Waals surface area contributed by atoms with Gasteiger partial charge in [-0.3, -0.25) is 0 Å². The molecule has 3 rings (SSSR count). The number of hydrogen-bond donors (Lipinski definition) is 0. The molecule has 0 bridgehead atoms. The van der Waals surface area contributed by atoms with Gasteiger partial charge in [0.05, 0.1) is 16.7 Å². The van der Waals surface area contributed by atoms with Crippen LogP contribution < -0.4 is 0 Å². The van der Waals surface area contributed by atoms with Crippen LogP contribution in [0.1, 0.15) is 24.1 Å². The van der Waals surface area contributed by atoms with Crippen molar-refractivity contribution in [2.45, 2.75) is 31.4 Å². The lowest BCUT2D eigenvalue weighted by atomic mass is 10.2. The average Bonchev–Trinajstić information content (AvgIpc) is 2.82. The highest BCUT2D eigenvalue weighted by Gasteiger charge is 2.31. The maximum Gasteiger partial charge on any atom is 0.153 e. The van der Waals surface area contributed by atoms with E-state index in [0.717, 1.165) is 24.2 Å². The van der Waals surface area contributed by atoms with E-state index in [0.29, 0.717) is 12.2 Å². The van der Waals surface area contributed by atoms with Gasteiger partial charge >= 0.3 is 0 Å². The maximum atomic E-state index is 11.8. The first-order valence-corrected chi connectivity index (χ1v) is 7.92. The monoisotopic (exact) mass is 264 g/mol. The summed E-state index contributed by atoms with van der Waals surface area (Å²) in [7, 11) is -2.88. The van der Waals surface area contributed by atoms with Crippen molar-refractivity contribution in [3.8, 4) is 0 Å². The molecule has 18 heavy (non-hydrogen) atoms. The van der Waals surface area contributed by atoms with Crippen LogP contribution in [0.25, 0.3) is 5.65 Å². The molecule has 0 aromatic carbocycles. The number of aromatic nitrogens is 2. The molecule has 2 aromatic rings. The number of rotatable bonds is 2. The molecule has 5 heteroatoms. The molecule has 4 nitrogen and oxygen atoms in total. The Kier molecular flexibility index (Phi) is 2.66. The van der Waals surface area contributed by atoms with Gasteiger partial charge in [0.25, 0.3) is 0 Å². The summed E-state index contributed by atoms with van der Waals surface area (Å²) in [6.07, 6.45) is 6.06. The molecular weight excluding hydrogens is 248 g/mol. The molecular formula is C13H16N2O2S. The molecule has 0 radical (unpaired) electrons. The van der Waals surface area contributed by atoms with Crippen LogP contribution in [0.4, 0.5) is 0 Å². The van der Waals surface area contributed by atoms with E-state index in [2.05, 4.69) is 4.98 Å². The van der Waals surface area contributed by atoms with E-state index in [-0.39, 0.29) is 5.25 Å². The molecule has 1 saturated heterocycles. The van der Waals surface area contributed by atoms with Crippen molar-refractivity contribution in [1.82, 2.24) is 9.38 Å². The van der Waals surface area contributed by atoms with Crippen LogP contribution in [0.15, 0.2) is 24.5 Å². The third-order valence-corrected chi connectivity index (χ3v) is 5.82. The van der Waals surface area contributed by atoms with Crippen molar-refractivity contribution >= 4 is 15.5 Å². The maximum absolute atomic E-state index is 11.8. The second-order valence-corrected chi connectivity index (χ2v) is 7.44. The van der Waals surface area contributed by atoms with Crippen molar-refractivity contribution in [2.75, 3.05) is 5.75 Å². The predicted molar refractivity (Wildman–Crippen MR) is 70.4 cm³/mol. The lowest BCUT2D eigenvalue weighted by molar-refractivity contribution is 0.587. The molecule has 1 fully saturated rings. The van der Waals surface area contributed by atoms with E-state index < -0.39 is 9.84 Å². The quantitative estimate of drug-likeness (QED) is 0.830. The van der Waals surface area contributed by atoms with Crippen LogP contribution in [0.2, 0.25) is 0 Å². The first-order chi connectivity index (χ1) is 8.54. The first-order valence-electron chi connectivity index (χ1n) is 6.20. The molecule has 0 amide bonds. The zero-order valence-corrected chi connectivity index (χ0v) is 11.2. The molecule has 1 aliphatic heterocycles. The van der Waals surface area contributed by atoms with Gasteiger partial charge in [0.1, 0.15) is 5.65 Å². The largest absolute Gasteiger partial charge is 0.307 e. The summed E-state index contributed by atoms with van der Waals surface area (Å²) >= 11 is 0. The Morgan fingerprint density at radius 2 is 2.22 bits per heavy atom. The van der Waals surface area contributed by atoms with Crippen molar-refractivity contribution < 1.29 is 8.42 Å². The summed E-state index contributed by atoms with van der Waals surface area (Å²) in [5.41, 5.74) is 2.92. The number of imidazole rings is 1. The third kappa shape index (κ3) is 2.03. The van der Waals surface area contributed by atoms with E-state index in [1.807, 2.05) is 35.9 Å². The molecule has 1 atom stereocenters. The molecule has 2 aromatic heterocycles. The van der Waals surface area contributed by atoms with Crippen LogP contribution in [0.5, 0.6) is 0 Å². The zero-order chi connectivity index (χ0) is 12.8. The summed E-state index contributed by atoms with van der Waals surface area (Å²) in [6.45, 7) is 2.03. The van der Waals surface area contributed by atoms with E-state index >= 15 is 0 Å². The fourth-order valence-corrected chi connectivity index (χ4v) is 4.43. The summed E-state index contributed by atoms with van der Waals surface area (Å²) in [5, 5.41) is -0.233. The zero-order valence-electron chi connectivity index (χ0n) is 10.3. The summed E-state index contributed by atoms with van der Waals surface area (Å²) in [6, 6.07) is 3.97. The van der Waals surface area contributed by atoms with Crippen molar-refractivity contribution in [1.29, 1.82) is 0 Å². The highest BCUT2D eigenvalue weighted by Crippen LogP contribution is 2.23. The Morgan fingerprint density at radius 1 is 1.39 bits per heavy atom. The van der Waals surface area contributed by atoms with E-state index in [1.165, 1.54) is 5.56 Å². The van der Waals surface area contributed by atoms with Crippen LogP contribution >= 0.6 is 0 Å². The minimum Gasteiger partial charge on any atom is -0.307 e. The molecule has 96 valence electrons. The standard InChI is InChI=1S/C13H16N2O2S/c1-10-4-5-13-14-11(9-15(13)8-10)7-12-3-2-6-18(12,16)17/h4-5,8-9,12H,2-3,6-7H2,1H3. The minimum absolute atomic E-state index is 0.233. The molecule has 0 aliphatic carbocycles. The summed E-state index contributed by atoms with van der Waals surface area (Å²) in [5.74, 6) is 0.337. The molecule has 0 spiro atoms. The van der Waals surface area contributed by atoms with E-state index in [1.54, 1.807) is 0 Å². The number of aryl methyl sites for hydroxylation is 1. The van der Waals surface area contributed by atoms with Crippen molar-refractivity contribution in [2.24, 2.45) is 0 Å². The normalized spacial score (nSPS) is 22.6. The van der Waals surface area contributed by atoms with Crippen molar-refractivity contribution in [3.05, 3.63) is 35.8 Å². The molecule has 1 unspecified atom stereocenters. The van der Waals surface area contributed by atoms with Crippen LogP contribution in [0, 0.1) is 6.92 Å². The fraction of sp³-hybridized carbons (Fsp3) is 0.462. The van der Waals surface area contributed by atoms with Crippen LogP contribution in [-0.4, -0.2) is 28.8 Å². The highest BCUT2D eigenvalue weighted by molar-refractivity contribution is 7.92. The van der Waals surface area contributed by atoms with E-state index in [4.69, 9.17) is 0 Å². The Balaban J connectivity index is 1.91. The number of pyridine rings is 1. The second-order valence-electron chi connectivity index (χ2n) is 5.04. The first kappa shape index (κ1) is 11.7. The minimum atomic E-state index is -2.88. The highest BCUT2D eigenvalue weighted by atomic mass is 32.2. The van der Waals surface area contributed by atoms with Crippen LogP contribution in [-0.2, 0) is 16.3 Å². The smallest absolute Gasteiger partial charge is 0.153 e. The Labute approximate surface area is 107 Å². The lowest BCUT2D eigenvalue weighted by Crippen LogP contribution is -2.18. The average molecular weight is 264 g/mol. The fourth-order valence-electron chi connectivity index (χ4n) is 2.57. The molecule has 0 N–H and O–H groups in total. The molecule has 1 aliphatic rings. The van der Waals surface area contributed by atoms with Crippen molar-refractivity contribution in [3.63, 3.8) is 0 Å². The predicted octanol–water partition coefficient (Wildman–Crippen LogP) is 1.76. The lowest BCUT2D eigenvalue weighted by Gasteiger charge is -2.05. The van der Waals surface area contributed by atoms with Gasteiger partial charge in [-0.2, -0.15) is 0 Å². The number of sulfone groups is 1. The topological polar surface area (TPSA) is 51.4 Å². The van der Waals surface area contributed by atoms with Gasteiger partial charge in [-0.1, -0.05) is 6.07 Å². The second kappa shape index (κ2) is 4.09. The van der Waals surface area contributed by atoms with Gasteiger partial charge in [-0.25, -0.2) is 13.4 Å². The Hall–Kier alpha value is -1.36. The van der Waals surface area contributed by atoms with Gasteiger partial charge in [0, 0.05) is 18.8 Å². The number of nitrogens with zero attached hydrogens (tertiary/aromatic N) is 2. The van der Waals surface area contributed by atoms with Gasteiger partial charge in [0.2, 0.25) is 0 Å². The summed E-state index contributed by atoms with van der Waals surface area (Å²) < 4.78 is 25.6. The Morgan fingerprint density at radius 3 is 2.94 bits per heavy atom. The van der Waals surface area contributed by atoms with Gasteiger partial charge in [-0.05, 0) is 31.4 Å². The van der Waals surface area contributed by atoms with Crippen LogP contribution in [0.3, 0.4) is 0 Å². The summed E-state index contributed by atoms with van der Waals surface area (Å²) in [4.78, 5) is 4.48. The van der Waals surface area contributed by atoms with Gasteiger partial charge in [0.15, 0.2) is 9.84 Å². The molecule has 3 heterocycles. The number of fused-ring (bicyclic) bond motifs is 1.